The Balaban J connectivity index is 2.07. The number of nitrogens with one attached hydrogen (secondary N) is 2. The summed E-state index contributed by atoms with van der Waals surface area (Å²) < 4.78 is 5.58. The maximum atomic E-state index is 12.3. The Labute approximate surface area is 158 Å². The van der Waals surface area contributed by atoms with Gasteiger partial charge in [-0.3, -0.25) is 14.4 Å². The normalized spacial score (nSPS) is 11.4. The lowest BCUT2D eigenvalue weighted by atomic mass is 10.0. The third-order valence-corrected chi connectivity index (χ3v) is 4.09. The Morgan fingerprint density at radius 1 is 1.07 bits per heavy atom. The van der Waals surface area contributed by atoms with Crippen molar-refractivity contribution in [2.24, 2.45) is 0 Å². The van der Waals surface area contributed by atoms with Crippen LogP contribution in [0.2, 0.25) is 0 Å². The van der Waals surface area contributed by atoms with Crippen molar-refractivity contribution in [1.29, 1.82) is 0 Å². The molecule has 142 valence electrons. The first kappa shape index (κ1) is 20.2. The van der Waals surface area contributed by atoms with Crippen LogP contribution in [0.1, 0.15) is 48.3 Å². The van der Waals surface area contributed by atoms with Crippen LogP contribution in [0.25, 0.3) is 0 Å². The molecule has 1 atom stereocenters. The highest BCUT2D eigenvalue weighted by molar-refractivity contribution is 5.96. The molecule has 0 saturated heterocycles. The van der Waals surface area contributed by atoms with Gasteiger partial charge in [-0.25, -0.2) is 0 Å². The van der Waals surface area contributed by atoms with E-state index in [1.165, 1.54) is 19.9 Å². The number of carbonyl (C=O) groups is 3. The molecule has 0 fully saturated rings. The summed E-state index contributed by atoms with van der Waals surface area (Å²) in [5, 5.41) is 5.52. The first-order chi connectivity index (χ1) is 12.8. The quantitative estimate of drug-likeness (QED) is 0.734. The lowest BCUT2D eigenvalue weighted by molar-refractivity contribution is -0.123. The maximum absolute atomic E-state index is 12.3. The van der Waals surface area contributed by atoms with Crippen molar-refractivity contribution in [2.75, 3.05) is 11.9 Å². The van der Waals surface area contributed by atoms with Crippen LogP contribution in [0.4, 0.5) is 5.69 Å². The summed E-state index contributed by atoms with van der Waals surface area (Å²) in [6, 6.07) is 12.4. The SMILES string of the molecule is CC(=O)Nc1ccc(C(C)=O)cc1OCC(=O)NC(C)c1ccccc1C. The number of benzene rings is 2. The average Bonchev–Trinajstić information content (AvgIpc) is 2.60. The zero-order valence-electron chi connectivity index (χ0n) is 16.0. The number of hydrogen-bond acceptors (Lipinski definition) is 4. The highest BCUT2D eigenvalue weighted by Crippen LogP contribution is 2.26. The van der Waals surface area contributed by atoms with Crippen molar-refractivity contribution in [3.05, 3.63) is 59.2 Å². The Hall–Kier alpha value is -3.15. The molecule has 2 N–H and O–H groups in total. The fourth-order valence-electron chi connectivity index (χ4n) is 2.73. The predicted molar refractivity (Wildman–Crippen MR) is 104 cm³/mol. The lowest BCUT2D eigenvalue weighted by Gasteiger charge is -2.17. The molecular weight excluding hydrogens is 344 g/mol. The van der Waals surface area contributed by atoms with Crippen molar-refractivity contribution in [3.8, 4) is 5.75 Å². The number of hydrogen-bond donors (Lipinski definition) is 2. The Morgan fingerprint density at radius 3 is 2.41 bits per heavy atom. The maximum Gasteiger partial charge on any atom is 0.258 e. The molecule has 0 aliphatic heterocycles. The molecule has 6 heteroatoms. The van der Waals surface area contributed by atoms with Crippen LogP contribution >= 0.6 is 0 Å². The Bertz CT molecular complexity index is 861. The molecule has 0 radical (unpaired) electrons. The zero-order valence-corrected chi connectivity index (χ0v) is 16.0. The van der Waals surface area contributed by atoms with Gasteiger partial charge < -0.3 is 15.4 Å². The minimum Gasteiger partial charge on any atom is -0.482 e. The van der Waals surface area contributed by atoms with Gasteiger partial charge >= 0.3 is 0 Å². The van der Waals surface area contributed by atoms with Crippen LogP contribution in [0.15, 0.2) is 42.5 Å². The largest absolute Gasteiger partial charge is 0.482 e. The number of Topliss-reactive ketones (excluding diaryl/α,β-unsaturated/α-hetero) is 1. The standard InChI is InChI=1S/C21H24N2O4/c1-13-7-5-6-8-18(13)14(2)22-21(26)12-27-20-11-17(15(3)24)9-10-19(20)23-16(4)25/h5-11,14H,12H2,1-4H3,(H,22,26)(H,23,25). The van der Waals surface area contributed by atoms with Crippen molar-refractivity contribution in [3.63, 3.8) is 0 Å². The van der Waals surface area contributed by atoms with Gasteiger partial charge in [0.1, 0.15) is 5.75 Å². The van der Waals surface area contributed by atoms with E-state index >= 15 is 0 Å². The van der Waals surface area contributed by atoms with Gasteiger partial charge in [0, 0.05) is 12.5 Å². The summed E-state index contributed by atoms with van der Waals surface area (Å²) in [6.45, 7) is 6.47. The Morgan fingerprint density at radius 2 is 1.78 bits per heavy atom. The zero-order chi connectivity index (χ0) is 20.0. The molecule has 0 aliphatic carbocycles. The number of aryl methyl sites for hydroxylation is 1. The van der Waals surface area contributed by atoms with Crippen molar-refractivity contribution < 1.29 is 19.1 Å². The summed E-state index contributed by atoms with van der Waals surface area (Å²) in [5.41, 5.74) is 2.97. The molecule has 2 rings (SSSR count). The molecule has 2 aromatic carbocycles. The monoisotopic (exact) mass is 368 g/mol. The van der Waals surface area contributed by atoms with Crippen LogP contribution in [0.3, 0.4) is 0 Å². The van der Waals surface area contributed by atoms with E-state index in [0.717, 1.165) is 11.1 Å². The number of amides is 2. The van der Waals surface area contributed by atoms with E-state index in [4.69, 9.17) is 4.74 Å². The summed E-state index contributed by atoms with van der Waals surface area (Å²) in [5.74, 6) is -0.427. The van der Waals surface area contributed by atoms with Gasteiger partial charge in [-0.05, 0) is 50.1 Å². The second-order valence-electron chi connectivity index (χ2n) is 6.38. The molecule has 0 bridgehead atoms. The van der Waals surface area contributed by atoms with Gasteiger partial charge in [0.15, 0.2) is 12.4 Å². The summed E-state index contributed by atoms with van der Waals surface area (Å²) in [7, 11) is 0. The van der Waals surface area contributed by atoms with Gasteiger partial charge in [-0.15, -0.1) is 0 Å². The molecule has 0 spiro atoms. The lowest BCUT2D eigenvalue weighted by Crippen LogP contribution is -2.31. The number of ether oxygens (including phenoxy) is 1. The number of carbonyl (C=O) groups excluding carboxylic acids is 3. The minimum absolute atomic E-state index is 0.133. The van der Waals surface area contributed by atoms with Gasteiger partial charge in [0.05, 0.1) is 11.7 Å². The molecule has 2 aromatic rings. The highest BCUT2D eigenvalue weighted by Gasteiger charge is 2.14. The molecular formula is C21H24N2O4. The fraction of sp³-hybridized carbons (Fsp3) is 0.286. The van der Waals surface area contributed by atoms with Crippen LogP contribution in [-0.4, -0.2) is 24.2 Å². The van der Waals surface area contributed by atoms with Gasteiger partial charge in [-0.1, -0.05) is 24.3 Å². The molecule has 6 nitrogen and oxygen atoms in total. The highest BCUT2D eigenvalue weighted by atomic mass is 16.5. The van der Waals surface area contributed by atoms with Crippen molar-refractivity contribution in [1.82, 2.24) is 5.32 Å². The van der Waals surface area contributed by atoms with Crippen molar-refractivity contribution >= 4 is 23.3 Å². The van der Waals surface area contributed by atoms with Crippen molar-refractivity contribution in [2.45, 2.75) is 33.7 Å². The van der Waals surface area contributed by atoms with Gasteiger partial charge in [-0.2, -0.15) is 0 Å². The fourth-order valence-corrected chi connectivity index (χ4v) is 2.73. The molecule has 0 saturated carbocycles. The Kier molecular flexibility index (Phi) is 6.71. The van der Waals surface area contributed by atoms with E-state index in [2.05, 4.69) is 10.6 Å². The first-order valence-corrected chi connectivity index (χ1v) is 8.68. The first-order valence-electron chi connectivity index (χ1n) is 8.68. The van der Waals surface area contributed by atoms with E-state index in [0.29, 0.717) is 11.3 Å². The minimum atomic E-state index is -0.298. The van der Waals surface area contributed by atoms with Crippen LogP contribution in [0, 0.1) is 6.92 Å². The summed E-state index contributed by atoms with van der Waals surface area (Å²) >= 11 is 0. The van der Waals surface area contributed by atoms with E-state index in [1.54, 1.807) is 12.1 Å². The molecule has 0 aliphatic rings. The molecule has 1 unspecified atom stereocenters. The number of anilines is 1. The second-order valence-corrected chi connectivity index (χ2v) is 6.38. The molecule has 27 heavy (non-hydrogen) atoms. The average molecular weight is 368 g/mol. The summed E-state index contributed by atoms with van der Waals surface area (Å²) in [6.07, 6.45) is 0. The number of ketones is 1. The van der Waals surface area contributed by atoms with Crippen LogP contribution < -0.4 is 15.4 Å². The topological polar surface area (TPSA) is 84.5 Å². The molecule has 0 heterocycles. The van der Waals surface area contributed by atoms with E-state index < -0.39 is 0 Å². The van der Waals surface area contributed by atoms with Crippen LogP contribution in [0.5, 0.6) is 5.75 Å². The predicted octanol–water partition coefficient (Wildman–Crippen LogP) is 3.41. The van der Waals surface area contributed by atoms with E-state index in [-0.39, 0.29) is 36.0 Å². The third-order valence-electron chi connectivity index (χ3n) is 4.09. The molecule has 2 amide bonds. The molecule has 0 aromatic heterocycles. The van der Waals surface area contributed by atoms with Gasteiger partial charge in [0.25, 0.3) is 5.91 Å². The number of rotatable bonds is 7. The summed E-state index contributed by atoms with van der Waals surface area (Å²) in [4.78, 5) is 35.2. The van der Waals surface area contributed by atoms with E-state index in [1.807, 2.05) is 38.1 Å². The van der Waals surface area contributed by atoms with Crippen LogP contribution in [-0.2, 0) is 9.59 Å². The van der Waals surface area contributed by atoms with Gasteiger partial charge in [0.2, 0.25) is 5.91 Å². The second kappa shape index (κ2) is 8.98. The smallest absolute Gasteiger partial charge is 0.258 e. The van der Waals surface area contributed by atoms with E-state index in [9.17, 15) is 14.4 Å². The third kappa shape index (κ3) is 5.67.